The van der Waals surface area contributed by atoms with Crippen molar-refractivity contribution < 1.29 is 9.53 Å². The van der Waals surface area contributed by atoms with Crippen LogP contribution in [0, 0.1) is 0 Å². The van der Waals surface area contributed by atoms with E-state index >= 15 is 0 Å². The molecule has 0 bridgehead atoms. The Kier molecular flexibility index (Phi) is 7.28. The van der Waals surface area contributed by atoms with Crippen LogP contribution in [-0.4, -0.2) is 26.1 Å². The van der Waals surface area contributed by atoms with Crippen LogP contribution in [0.3, 0.4) is 0 Å². The molecular weight excluding hydrogens is 336 g/mol. The van der Waals surface area contributed by atoms with Crippen molar-refractivity contribution in [3.63, 3.8) is 0 Å². The van der Waals surface area contributed by atoms with Gasteiger partial charge in [0, 0.05) is 12.1 Å². The molecule has 1 aliphatic rings. The zero-order valence-electron chi connectivity index (χ0n) is 16.2. The summed E-state index contributed by atoms with van der Waals surface area (Å²) in [7, 11) is 1.68. The highest BCUT2D eigenvalue weighted by Crippen LogP contribution is 2.27. The van der Waals surface area contributed by atoms with Crippen LogP contribution in [0.15, 0.2) is 48.5 Å². The molecule has 0 atom stereocenters. The Morgan fingerprint density at radius 2 is 1.93 bits per heavy atom. The van der Waals surface area contributed by atoms with E-state index in [1.807, 2.05) is 18.2 Å². The van der Waals surface area contributed by atoms with Gasteiger partial charge >= 0.3 is 0 Å². The van der Waals surface area contributed by atoms with E-state index in [1.54, 1.807) is 7.11 Å². The molecule has 2 N–H and O–H groups in total. The van der Waals surface area contributed by atoms with Crippen LogP contribution in [-0.2, 0) is 11.2 Å². The van der Waals surface area contributed by atoms with Crippen LogP contribution in [0.4, 0.5) is 5.69 Å². The first-order chi connectivity index (χ1) is 13.2. The predicted molar refractivity (Wildman–Crippen MR) is 110 cm³/mol. The van der Waals surface area contributed by atoms with E-state index in [-0.39, 0.29) is 5.91 Å². The number of hydrogen-bond donors (Lipinski definition) is 2. The first-order valence-electron chi connectivity index (χ1n) is 9.98. The fraction of sp³-hybridized carbons (Fsp3) is 0.435. The third-order valence-electron chi connectivity index (χ3n) is 5.23. The molecule has 0 saturated carbocycles. The van der Waals surface area contributed by atoms with Gasteiger partial charge in [-0.05, 0) is 86.5 Å². The first-order valence-corrected chi connectivity index (χ1v) is 9.98. The van der Waals surface area contributed by atoms with Crippen LogP contribution in [0.1, 0.15) is 49.1 Å². The molecule has 0 spiro atoms. The molecule has 4 heteroatoms. The molecule has 1 fully saturated rings. The second-order valence-corrected chi connectivity index (χ2v) is 7.26. The van der Waals surface area contributed by atoms with Gasteiger partial charge in [0.25, 0.3) is 0 Å². The lowest BCUT2D eigenvalue weighted by Crippen LogP contribution is -2.26. The molecule has 0 unspecified atom stereocenters. The first kappa shape index (κ1) is 19.4. The van der Waals surface area contributed by atoms with Crippen molar-refractivity contribution in [1.82, 2.24) is 5.32 Å². The number of aryl methyl sites for hydroxylation is 1. The summed E-state index contributed by atoms with van der Waals surface area (Å²) in [6, 6.07) is 16.5. The van der Waals surface area contributed by atoms with E-state index in [0.29, 0.717) is 12.3 Å². The Morgan fingerprint density at radius 1 is 1.11 bits per heavy atom. The molecule has 0 radical (unpaired) electrons. The van der Waals surface area contributed by atoms with Gasteiger partial charge in [-0.2, -0.15) is 0 Å². The molecule has 144 valence electrons. The fourth-order valence-electron chi connectivity index (χ4n) is 3.69. The van der Waals surface area contributed by atoms with Gasteiger partial charge in [-0.1, -0.05) is 24.3 Å². The summed E-state index contributed by atoms with van der Waals surface area (Å²) in [5.74, 6) is 1.59. The van der Waals surface area contributed by atoms with Crippen molar-refractivity contribution in [2.45, 2.75) is 44.4 Å². The maximum Gasteiger partial charge on any atom is 0.224 e. The number of nitrogens with one attached hydrogen (secondary N) is 2. The van der Waals surface area contributed by atoms with Gasteiger partial charge in [-0.15, -0.1) is 0 Å². The fourth-order valence-corrected chi connectivity index (χ4v) is 3.69. The van der Waals surface area contributed by atoms with Crippen molar-refractivity contribution in [2.75, 3.05) is 25.5 Å². The molecule has 1 saturated heterocycles. The smallest absolute Gasteiger partial charge is 0.224 e. The van der Waals surface area contributed by atoms with Crippen molar-refractivity contribution in [3.8, 4) is 5.75 Å². The quantitative estimate of drug-likeness (QED) is 0.676. The van der Waals surface area contributed by atoms with E-state index in [0.717, 1.165) is 43.8 Å². The molecule has 27 heavy (non-hydrogen) atoms. The molecule has 1 aliphatic heterocycles. The van der Waals surface area contributed by atoms with Crippen molar-refractivity contribution in [3.05, 3.63) is 59.7 Å². The number of carbonyl (C=O) groups is 1. The van der Waals surface area contributed by atoms with Crippen LogP contribution in [0.25, 0.3) is 0 Å². The molecule has 1 heterocycles. The highest BCUT2D eigenvalue weighted by molar-refractivity contribution is 5.90. The normalized spacial score (nSPS) is 14.7. The van der Waals surface area contributed by atoms with Gasteiger partial charge in [0.2, 0.25) is 5.91 Å². The molecule has 3 rings (SSSR count). The van der Waals surface area contributed by atoms with Crippen LogP contribution in [0.5, 0.6) is 5.75 Å². The topological polar surface area (TPSA) is 50.4 Å². The Bertz CT molecular complexity index is 739. The summed E-state index contributed by atoms with van der Waals surface area (Å²) in [5.41, 5.74) is 3.51. The molecule has 0 aliphatic carbocycles. The van der Waals surface area contributed by atoms with Gasteiger partial charge in [0.1, 0.15) is 5.75 Å². The second kappa shape index (κ2) is 10.1. The molecule has 4 nitrogen and oxygen atoms in total. The van der Waals surface area contributed by atoms with Crippen molar-refractivity contribution in [1.29, 1.82) is 0 Å². The predicted octanol–water partition coefficient (Wildman–Crippen LogP) is 4.51. The summed E-state index contributed by atoms with van der Waals surface area (Å²) < 4.78 is 5.25. The van der Waals surface area contributed by atoms with Gasteiger partial charge < -0.3 is 15.4 Å². The Labute approximate surface area is 162 Å². The highest BCUT2D eigenvalue weighted by atomic mass is 16.5. The molecule has 2 aromatic rings. The Hall–Kier alpha value is -2.33. The Morgan fingerprint density at radius 3 is 2.74 bits per heavy atom. The number of benzene rings is 2. The average Bonchev–Trinajstić information content (AvgIpc) is 2.72. The summed E-state index contributed by atoms with van der Waals surface area (Å²) in [5, 5.41) is 6.47. The van der Waals surface area contributed by atoms with E-state index in [9.17, 15) is 4.79 Å². The molecule has 2 aromatic carbocycles. The molecule has 0 aromatic heterocycles. The lowest BCUT2D eigenvalue weighted by molar-refractivity contribution is -0.116. The van der Waals surface area contributed by atoms with Gasteiger partial charge in [0.05, 0.1) is 7.11 Å². The van der Waals surface area contributed by atoms with E-state index < -0.39 is 0 Å². The standard InChI is InChI=1S/C23H30N2O2/c1-27-22-10-4-7-18(16-22)6-2-3-11-23(26)25-21-9-5-8-20(17-21)19-12-14-24-15-13-19/h4-5,7-10,16-17,19,24H,2-3,6,11-15H2,1H3,(H,25,26). The lowest BCUT2D eigenvalue weighted by Gasteiger charge is -2.23. The lowest BCUT2D eigenvalue weighted by atomic mass is 9.90. The van der Waals surface area contributed by atoms with Crippen LogP contribution in [0.2, 0.25) is 0 Å². The summed E-state index contributed by atoms with van der Waals surface area (Å²) in [4.78, 5) is 12.3. The largest absolute Gasteiger partial charge is 0.497 e. The van der Waals surface area contributed by atoms with E-state index in [1.165, 1.54) is 24.0 Å². The van der Waals surface area contributed by atoms with E-state index in [4.69, 9.17) is 4.74 Å². The summed E-state index contributed by atoms with van der Waals surface area (Å²) in [6.07, 6.45) is 5.74. The third kappa shape index (κ3) is 6.10. The minimum absolute atomic E-state index is 0.100. The number of carbonyl (C=O) groups excluding carboxylic acids is 1. The number of anilines is 1. The van der Waals surface area contributed by atoms with Crippen LogP contribution >= 0.6 is 0 Å². The number of ether oxygens (including phenoxy) is 1. The molecular formula is C23H30N2O2. The number of piperidine rings is 1. The molecule has 1 amide bonds. The number of methoxy groups -OCH3 is 1. The summed E-state index contributed by atoms with van der Waals surface area (Å²) in [6.45, 7) is 2.16. The zero-order valence-corrected chi connectivity index (χ0v) is 16.2. The number of hydrogen-bond acceptors (Lipinski definition) is 3. The maximum absolute atomic E-state index is 12.3. The van der Waals surface area contributed by atoms with E-state index in [2.05, 4.69) is 41.0 Å². The third-order valence-corrected chi connectivity index (χ3v) is 5.23. The van der Waals surface area contributed by atoms with Crippen molar-refractivity contribution in [2.24, 2.45) is 0 Å². The number of unbranched alkanes of at least 4 members (excludes halogenated alkanes) is 1. The minimum Gasteiger partial charge on any atom is -0.497 e. The minimum atomic E-state index is 0.100. The van der Waals surface area contributed by atoms with Gasteiger partial charge in [0.15, 0.2) is 0 Å². The SMILES string of the molecule is COc1cccc(CCCCC(=O)Nc2cccc(C3CCNCC3)c2)c1. The maximum atomic E-state index is 12.3. The monoisotopic (exact) mass is 366 g/mol. The average molecular weight is 367 g/mol. The van der Waals surface area contributed by atoms with Crippen LogP contribution < -0.4 is 15.4 Å². The zero-order chi connectivity index (χ0) is 18.9. The van der Waals surface area contributed by atoms with Gasteiger partial charge in [-0.3, -0.25) is 4.79 Å². The van der Waals surface area contributed by atoms with Gasteiger partial charge in [-0.25, -0.2) is 0 Å². The van der Waals surface area contributed by atoms with Crippen molar-refractivity contribution >= 4 is 11.6 Å². The highest BCUT2D eigenvalue weighted by Gasteiger charge is 2.15. The number of amides is 1. The second-order valence-electron chi connectivity index (χ2n) is 7.26. The number of rotatable bonds is 8. The summed E-state index contributed by atoms with van der Waals surface area (Å²) >= 11 is 0. The Balaban J connectivity index is 1.42.